The molecular formula is C24H30N4O2. The highest BCUT2D eigenvalue weighted by atomic mass is 16.2. The smallest absolute Gasteiger partial charge is 0.329 e. The van der Waals surface area contributed by atoms with E-state index in [2.05, 4.69) is 41.4 Å². The average Bonchev–Trinajstić information content (AvgIpc) is 3.02. The molecule has 0 aliphatic carbocycles. The number of hydrogen-bond donors (Lipinski definition) is 1. The maximum atomic E-state index is 12.9. The Labute approximate surface area is 177 Å². The van der Waals surface area contributed by atoms with Crippen LogP contribution in [0.3, 0.4) is 0 Å². The fraction of sp³-hybridized carbons (Fsp3) is 0.417. The number of benzene rings is 2. The number of aryl methyl sites for hydroxylation is 1. The highest BCUT2D eigenvalue weighted by molar-refractivity contribution is 5.81. The van der Waals surface area contributed by atoms with Crippen LogP contribution in [0.5, 0.6) is 0 Å². The van der Waals surface area contributed by atoms with Gasteiger partial charge in [-0.05, 0) is 37.0 Å². The summed E-state index contributed by atoms with van der Waals surface area (Å²) in [6.07, 6.45) is 2.75. The highest BCUT2D eigenvalue weighted by Crippen LogP contribution is 2.15. The van der Waals surface area contributed by atoms with E-state index in [1.807, 2.05) is 30.3 Å². The molecule has 0 spiro atoms. The second kappa shape index (κ2) is 9.30. The van der Waals surface area contributed by atoms with Gasteiger partial charge in [-0.2, -0.15) is 0 Å². The van der Waals surface area contributed by atoms with Gasteiger partial charge in [-0.1, -0.05) is 49.4 Å². The van der Waals surface area contributed by atoms with Gasteiger partial charge in [0.15, 0.2) is 0 Å². The van der Waals surface area contributed by atoms with E-state index >= 15 is 0 Å². The Morgan fingerprint density at radius 2 is 1.60 bits per heavy atom. The van der Waals surface area contributed by atoms with Crippen molar-refractivity contribution in [2.24, 2.45) is 0 Å². The van der Waals surface area contributed by atoms with Gasteiger partial charge in [-0.25, -0.2) is 4.79 Å². The lowest BCUT2D eigenvalue weighted by atomic mass is 10.0. The van der Waals surface area contributed by atoms with Crippen LogP contribution in [0.2, 0.25) is 0 Å². The van der Waals surface area contributed by atoms with Crippen LogP contribution in [0.4, 0.5) is 0 Å². The van der Waals surface area contributed by atoms with E-state index in [4.69, 9.17) is 0 Å². The molecule has 1 amide bonds. The molecule has 0 unspecified atom stereocenters. The normalized spacial score (nSPS) is 15.5. The van der Waals surface area contributed by atoms with Crippen molar-refractivity contribution in [2.45, 2.75) is 51.9 Å². The summed E-state index contributed by atoms with van der Waals surface area (Å²) in [6.45, 7) is 5.67. The van der Waals surface area contributed by atoms with Crippen molar-refractivity contribution in [3.8, 4) is 0 Å². The van der Waals surface area contributed by atoms with Crippen LogP contribution in [-0.2, 0) is 24.4 Å². The fourth-order valence-corrected chi connectivity index (χ4v) is 4.36. The molecule has 1 aliphatic heterocycles. The van der Waals surface area contributed by atoms with Gasteiger partial charge in [0.1, 0.15) is 6.54 Å². The summed E-state index contributed by atoms with van der Waals surface area (Å²) in [5.41, 5.74) is 2.93. The summed E-state index contributed by atoms with van der Waals surface area (Å²) in [5.74, 6) is -0.0852. The Hall–Kier alpha value is -2.86. The van der Waals surface area contributed by atoms with Crippen molar-refractivity contribution in [2.75, 3.05) is 13.1 Å². The number of rotatable bonds is 7. The number of nitrogens with zero attached hydrogens (tertiary/aromatic N) is 3. The lowest BCUT2D eigenvalue weighted by Crippen LogP contribution is -2.45. The maximum absolute atomic E-state index is 12.9. The monoisotopic (exact) mass is 406 g/mol. The first-order valence-electron chi connectivity index (χ1n) is 10.9. The Morgan fingerprint density at radius 1 is 0.967 bits per heavy atom. The van der Waals surface area contributed by atoms with Crippen molar-refractivity contribution in [1.82, 2.24) is 19.4 Å². The molecule has 1 aromatic heterocycles. The van der Waals surface area contributed by atoms with Gasteiger partial charge in [-0.3, -0.25) is 18.8 Å². The molecule has 6 heteroatoms. The Kier molecular flexibility index (Phi) is 6.33. The molecule has 2 heterocycles. The third-order valence-corrected chi connectivity index (χ3v) is 5.88. The van der Waals surface area contributed by atoms with E-state index in [0.717, 1.165) is 49.9 Å². The van der Waals surface area contributed by atoms with Crippen LogP contribution in [0, 0.1) is 0 Å². The number of imidazole rings is 1. The van der Waals surface area contributed by atoms with Crippen molar-refractivity contribution in [3.05, 3.63) is 70.6 Å². The molecule has 0 bridgehead atoms. The summed E-state index contributed by atoms with van der Waals surface area (Å²) in [4.78, 5) is 28.0. The molecule has 2 aromatic carbocycles. The zero-order valence-electron chi connectivity index (χ0n) is 17.6. The van der Waals surface area contributed by atoms with E-state index in [-0.39, 0.29) is 24.2 Å². The molecule has 3 aromatic rings. The van der Waals surface area contributed by atoms with Crippen LogP contribution in [0.25, 0.3) is 11.0 Å². The maximum Gasteiger partial charge on any atom is 0.329 e. The standard InChI is InChI=1S/C24H30N4O2/c1-2-14-27-21-10-6-7-11-22(21)28(24(27)30)18-23(29)25-20-12-15-26(16-13-20)17-19-8-4-3-5-9-19/h3-11,20H,2,12-18H2,1H3,(H,25,29). The van der Waals surface area contributed by atoms with Gasteiger partial charge in [-0.15, -0.1) is 0 Å². The number of carbonyl (C=O) groups is 1. The molecule has 30 heavy (non-hydrogen) atoms. The number of carbonyl (C=O) groups excluding carboxylic acids is 1. The first kappa shape index (κ1) is 20.4. The minimum Gasteiger partial charge on any atom is -0.352 e. The van der Waals surface area contributed by atoms with Crippen molar-refractivity contribution >= 4 is 16.9 Å². The average molecular weight is 407 g/mol. The van der Waals surface area contributed by atoms with Gasteiger partial charge in [0, 0.05) is 32.2 Å². The number of para-hydroxylation sites is 2. The SMILES string of the molecule is CCCn1c(=O)n(CC(=O)NC2CCN(Cc3ccccc3)CC2)c2ccccc21. The van der Waals surface area contributed by atoms with E-state index in [9.17, 15) is 9.59 Å². The van der Waals surface area contributed by atoms with Crippen molar-refractivity contribution < 1.29 is 4.79 Å². The number of aromatic nitrogens is 2. The molecule has 1 fully saturated rings. The molecule has 0 atom stereocenters. The predicted molar refractivity (Wildman–Crippen MR) is 119 cm³/mol. The Balaban J connectivity index is 1.36. The van der Waals surface area contributed by atoms with Gasteiger partial charge in [0.25, 0.3) is 0 Å². The number of nitrogens with one attached hydrogen (secondary N) is 1. The van der Waals surface area contributed by atoms with Crippen LogP contribution in [0.15, 0.2) is 59.4 Å². The molecule has 0 saturated carbocycles. The van der Waals surface area contributed by atoms with Gasteiger partial charge in [0.05, 0.1) is 11.0 Å². The predicted octanol–water partition coefficient (Wildman–Crippen LogP) is 2.99. The van der Waals surface area contributed by atoms with Crippen LogP contribution in [0.1, 0.15) is 31.7 Å². The fourth-order valence-electron chi connectivity index (χ4n) is 4.36. The highest BCUT2D eigenvalue weighted by Gasteiger charge is 2.22. The minimum atomic E-state index is -0.106. The molecule has 6 nitrogen and oxygen atoms in total. The lowest BCUT2D eigenvalue weighted by molar-refractivity contribution is -0.122. The largest absolute Gasteiger partial charge is 0.352 e. The molecular weight excluding hydrogens is 376 g/mol. The van der Waals surface area contributed by atoms with E-state index in [1.165, 1.54) is 5.56 Å². The summed E-state index contributed by atoms with van der Waals surface area (Å²) < 4.78 is 3.37. The summed E-state index contributed by atoms with van der Waals surface area (Å²) in [7, 11) is 0. The number of piperidine rings is 1. The first-order valence-corrected chi connectivity index (χ1v) is 10.9. The van der Waals surface area contributed by atoms with Crippen LogP contribution in [-0.4, -0.2) is 39.1 Å². The summed E-state index contributed by atoms with van der Waals surface area (Å²) in [6, 6.07) is 18.4. The van der Waals surface area contributed by atoms with Crippen molar-refractivity contribution in [3.63, 3.8) is 0 Å². The molecule has 1 N–H and O–H groups in total. The minimum absolute atomic E-state index is 0.0697. The second-order valence-electron chi connectivity index (χ2n) is 8.11. The summed E-state index contributed by atoms with van der Waals surface area (Å²) >= 11 is 0. The molecule has 1 saturated heterocycles. The quantitative estimate of drug-likeness (QED) is 0.656. The number of fused-ring (bicyclic) bond motifs is 1. The van der Waals surface area contributed by atoms with E-state index < -0.39 is 0 Å². The Bertz CT molecular complexity index is 1050. The van der Waals surface area contributed by atoms with Gasteiger partial charge in [0.2, 0.25) is 5.91 Å². The number of amides is 1. The number of hydrogen-bond acceptors (Lipinski definition) is 3. The zero-order valence-corrected chi connectivity index (χ0v) is 17.6. The summed E-state index contributed by atoms with van der Waals surface area (Å²) in [5, 5.41) is 3.15. The topological polar surface area (TPSA) is 59.3 Å². The van der Waals surface area contributed by atoms with Gasteiger partial charge < -0.3 is 5.32 Å². The molecule has 158 valence electrons. The van der Waals surface area contributed by atoms with Crippen molar-refractivity contribution in [1.29, 1.82) is 0 Å². The first-order chi connectivity index (χ1) is 14.7. The van der Waals surface area contributed by atoms with Crippen LogP contribution >= 0.6 is 0 Å². The lowest BCUT2D eigenvalue weighted by Gasteiger charge is -2.32. The van der Waals surface area contributed by atoms with Gasteiger partial charge >= 0.3 is 5.69 Å². The molecule has 4 rings (SSSR count). The second-order valence-corrected chi connectivity index (χ2v) is 8.11. The van der Waals surface area contributed by atoms with Crippen LogP contribution < -0.4 is 11.0 Å². The molecule has 0 radical (unpaired) electrons. The van der Waals surface area contributed by atoms with E-state index in [1.54, 1.807) is 9.13 Å². The number of likely N-dealkylation sites (tertiary alicyclic amines) is 1. The zero-order chi connectivity index (χ0) is 20.9. The molecule has 1 aliphatic rings. The third-order valence-electron chi connectivity index (χ3n) is 5.88. The third kappa shape index (κ3) is 4.49. The van der Waals surface area contributed by atoms with E-state index in [0.29, 0.717) is 6.54 Å². The Morgan fingerprint density at radius 3 is 2.27 bits per heavy atom.